The third kappa shape index (κ3) is 17.2. The molecule has 0 bridgehead atoms. The zero-order valence-corrected chi connectivity index (χ0v) is 24.6. The molecule has 0 radical (unpaired) electrons. The maximum atomic E-state index is 11.7. The summed E-state index contributed by atoms with van der Waals surface area (Å²) in [5.41, 5.74) is 10.9. The van der Waals surface area contributed by atoms with E-state index in [1.165, 1.54) is 6.92 Å². The number of nitrogens with one attached hydrogen (secondary N) is 3. The molecule has 0 saturated heterocycles. The SMILES string of the molecule is CO[Si](CCCC(CNC(=O)CNC(C)=O)NCCN)(OC)OC.CO[Si](CCCN)(OC)OC. The minimum Gasteiger partial charge on any atom is -0.377 e. The molecule has 0 fully saturated rings. The molecule has 0 spiro atoms. The molecular weight excluding hydrogens is 494 g/mol. The second-order valence-corrected chi connectivity index (χ2v) is 13.7. The maximum absolute atomic E-state index is 11.7. The first-order chi connectivity index (χ1) is 16.7. The maximum Gasteiger partial charge on any atom is 0.500 e. The molecule has 2 amide bonds. The summed E-state index contributed by atoms with van der Waals surface area (Å²) in [6.45, 7) is 3.63. The summed E-state index contributed by atoms with van der Waals surface area (Å²) in [5.74, 6) is -0.456. The summed E-state index contributed by atoms with van der Waals surface area (Å²) < 4.78 is 31.7. The van der Waals surface area contributed by atoms with Gasteiger partial charge in [0.15, 0.2) is 0 Å². The van der Waals surface area contributed by atoms with E-state index in [0.29, 0.717) is 32.2 Å². The van der Waals surface area contributed by atoms with Gasteiger partial charge < -0.3 is 54.0 Å². The van der Waals surface area contributed by atoms with Crippen LogP contribution in [0.1, 0.15) is 26.2 Å². The highest BCUT2D eigenvalue weighted by Crippen LogP contribution is 2.17. The van der Waals surface area contributed by atoms with Crippen molar-refractivity contribution in [2.75, 3.05) is 75.4 Å². The van der Waals surface area contributed by atoms with Crippen LogP contribution in [0.2, 0.25) is 12.1 Å². The van der Waals surface area contributed by atoms with Gasteiger partial charge in [-0.1, -0.05) is 0 Å². The Bertz CT molecular complexity index is 527. The van der Waals surface area contributed by atoms with E-state index in [-0.39, 0.29) is 24.4 Å². The first-order valence-corrected chi connectivity index (χ1v) is 15.5. The predicted octanol–water partition coefficient (Wildman–Crippen LogP) is -0.973. The van der Waals surface area contributed by atoms with Gasteiger partial charge in [-0.2, -0.15) is 0 Å². The molecule has 0 aliphatic carbocycles. The van der Waals surface area contributed by atoms with Gasteiger partial charge in [-0.15, -0.1) is 0 Å². The second-order valence-electron chi connectivity index (χ2n) is 7.53. The fourth-order valence-electron chi connectivity index (χ4n) is 3.06. The van der Waals surface area contributed by atoms with Crippen molar-refractivity contribution in [1.82, 2.24) is 16.0 Å². The van der Waals surface area contributed by atoms with E-state index in [1.807, 2.05) is 0 Å². The van der Waals surface area contributed by atoms with Gasteiger partial charge in [0.1, 0.15) is 0 Å². The molecule has 15 heteroatoms. The van der Waals surface area contributed by atoms with Gasteiger partial charge >= 0.3 is 17.6 Å². The lowest BCUT2D eigenvalue weighted by Crippen LogP contribution is -2.46. The fourth-order valence-corrected chi connectivity index (χ4v) is 6.56. The summed E-state index contributed by atoms with van der Waals surface area (Å²) in [6, 6.07) is 1.55. The fraction of sp³-hybridized carbons (Fsp3) is 0.900. The summed E-state index contributed by atoms with van der Waals surface area (Å²) >= 11 is 0. The van der Waals surface area contributed by atoms with Crippen LogP contribution in [-0.2, 0) is 36.1 Å². The molecule has 7 N–H and O–H groups in total. The quantitative estimate of drug-likeness (QED) is 0.119. The molecule has 1 atom stereocenters. The molecule has 13 nitrogen and oxygen atoms in total. The Morgan fingerprint density at radius 2 is 1.26 bits per heavy atom. The van der Waals surface area contributed by atoms with Gasteiger partial charge in [0.2, 0.25) is 11.8 Å². The lowest BCUT2D eigenvalue weighted by Gasteiger charge is -2.25. The van der Waals surface area contributed by atoms with Crippen molar-refractivity contribution in [2.45, 2.75) is 44.3 Å². The Morgan fingerprint density at radius 3 is 1.66 bits per heavy atom. The topological polar surface area (TPSA) is 178 Å². The molecule has 210 valence electrons. The average molecular weight is 544 g/mol. The van der Waals surface area contributed by atoms with E-state index in [2.05, 4.69) is 16.0 Å². The van der Waals surface area contributed by atoms with Gasteiger partial charge in [-0.25, -0.2) is 0 Å². The van der Waals surface area contributed by atoms with Crippen molar-refractivity contribution in [3.8, 4) is 0 Å². The third-order valence-electron chi connectivity index (χ3n) is 5.21. The zero-order valence-electron chi connectivity index (χ0n) is 22.6. The van der Waals surface area contributed by atoms with E-state index < -0.39 is 17.6 Å². The van der Waals surface area contributed by atoms with Crippen LogP contribution < -0.4 is 27.4 Å². The van der Waals surface area contributed by atoms with Crippen LogP contribution in [0, 0.1) is 0 Å². The Kier molecular flexibility index (Phi) is 23.0. The van der Waals surface area contributed by atoms with Gasteiger partial charge in [0.25, 0.3) is 0 Å². The minimum atomic E-state index is -2.57. The Labute approximate surface area is 213 Å². The van der Waals surface area contributed by atoms with E-state index >= 15 is 0 Å². The van der Waals surface area contributed by atoms with E-state index in [4.69, 9.17) is 38.0 Å². The molecule has 0 aromatic carbocycles. The van der Waals surface area contributed by atoms with Gasteiger partial charge in [0, 0.05) is 87.3 Å². The van der Waals surface area contributed by atoms with Gasteiger partial charge in [-0.3, -0.25) is 9.59 Å². The lowest BCUT2D eigenvalue weighted by atomic mass is 10.1. The summed E-state index contributed by atoms with van der Waals surface area (Å²) in [6.07, 6.45) is 2.51. The van der Waals surface area contributed by atoms with E-state index in [0.717, 1.165) is 25.3 Å². The van der Waals surface area contributed by atoms with Crippen LogP contribution in [-0.4, -0.2) is 111 Å². The normalized spacial score (nSPS) is 12.5. The monoisotopic (exact) mass is 543 g/mol. The number of hydrogen-bond donors (Lipinski definition) is 5. The largest absolute Gasteiger partial charge is 0.500 e. The molecule has 35 heavy (non-hydrogen) atoms. The molecule has 0 aromatic rings. The first-order valence-electron chi connectivity index (χ1n) is 11.6. The summed E-state index contributed by atoms with van der Waals surface area (Å²) in [7, 11) is 4.70. The van der Waals surface area contributed by atoms with Crippen LogP contribution in [0.4, 0.5) is 0 Å². The molecule has 0 rings (SSSR count). The summed E-state index contributed by atoms with van der Waals surface area (Å²) in [5, 5.41) is 8.56. The Balaban J connectivity index is 0. The highest BCUT2D eigenvalue weighted by Gasteiger charge is 2.37. The van der Waals surface area contributed by atoms with Crippen molar-refractivity contribution >= 4 is 29.4 Å². The molecule has 0 aromatic heterocycles. The van der Waals surface area contributed by atoms with Crippen LogP contribution in [0.25, 0.3) is 0 Å². The smallest absolute Gasteiger partial charge is 0.377 e. The predicted molar refractivity (Wildman–Crippen MR) is 139 cm³/mol. The zero-order chi connectivity index (χ0) is 27.2. The standard InChI is InChI=1S/C14H32N4O5Si.C6H17NO3Si/c1-12(19)17-11-14(20)18-10-13(16-8-7-15)6-5-9-24(21-2,22-3)23-4;1-8-11(9-2,10-3)6-4-5-7/h13,16H,5-11,15H2,1-4H3,(H,17,19)(H,18,20);4-7H2,1-3H3. The van der Waals surface area contributed by atoms with Crippen molar-refractivity contribution in [3.63, 3.8) is 0 Å². The minimum absolute atomic E-state index is 0.0218. The van der Waals surface area contributed by atoms with Crippen molar-refractivity contribution < 1.29 is 36.1 Å². The summed E-state index contributed by atoms with van der Waals surface area (Å²) in [4.78, 5) is 22.5. The highest BCUT2D eigenvalue weighted by molar-refractivity contribution is 6.60. The Morgan fingerprint density at radius 1 is 0.771 bits per heavy atom. The average Bonchev–Trinajstić information content (AvgIpc) is 2.88. The molecule has 0 aliphatic heterocycles. The molecule has 1 unspecified atom stereocenters. The van der Waals surface area contributed by atoms with Crippen molar-refractivity contribution in [3.05, 3.63) is 0 Å². The van der Waals surface area contributed by atoms with E-state index in [1.54, 1.807) is 42.7 Å². The van der Waals surface area contributed by atoms with Crippen molar-refractivity contribution in [2.24, 2.45) is 11.5 Å². The second kappa shape index (κ2) is 22.2. The molecule has 0 aliphatic rings. The highest BCUT2D eigenvalue weighted by atomic mass is 28.4. The molecule has 0 saturated carbocycles. The third-order valence-corrected chi connectivity index (χ3v) is 10.9. The van der Waals surface area contributed by atoms with Gasteiger partial charge in [0.05, 0.1) is 6.54 Å². The Hall–Kier alpha value is -0.986. The van der Waals surface area contributed by atoms with Crippen molar-refractivity contribution in [1.29, 1.82) is 0 Å². The number of amides is 2. The number of carbonyl (C=O) groups excluding carboxylic acids is 2. The molecular formula is C20H49N5O8Si2. The van der Waals surface area contributed by atoms with E-state index in [9.17, 15) is 9.59 Å². The lowest BCUT2D eigenvalue weighted by molar-refractivity contribution is -0.125. The first kappa shape index (κ1) is 36.2. The molecule has 0 heterocycles. The number of carbonyl (C=O) groups is 2. The number of hydrogen-bond acceptors (Lipinski definition) is 11. The van der Waals surface area contributed by atoms with Crippen LogP contribution in [0.5, 0.6) is 0 Å². The number of nitrogens with two attached hydrogens (primary N) is 2. The van der Waals surface area contributed by atoms with Crippen LogP contribution in [0.15, 0.2) is 0 Å². The van der Waals surface area contributed by atoms with Gasteiger partial charge in [-0.05, 0) is 25.8 Å². The van der Waals surface area contributed by atoms with Crippen LogP contribution >= 0.6 is 0 Å². The number of rotatable bonds is 20. The van der Waals surface area contributed by atoms with Crippen LogP contribution in [0.3, 0.4) is 0 Å².